The first kappa shape index (κ1) is 19.2. The summed E-state index contributed by atoms with van der Waals surface area (Å²) in [6.07, 6.45) is 4.15. The van der Waals surface area contributed by atoms with E-state index >= 15 is 0 Å². The fraction of sp³-hybridized carbons (Fsp3) is 0.444. The number of nitrogens with zero attached hydrogens (tertiary/aromatic N) is 2. The molecule has 3 rings (SSSR count). The van der Waals surface area contributed by atoms with Crippen molar-refractivity contribution in [3.63, 3.8) is 0 Å². The number of fused-ring (bicyclic) bond motifs is 1. The molecule has 1 amide bonds. The van der Waals surface area contributed by atoms with Gasteiger partial charge < -0.3 is 10.1 Å². The van der Waals surface area contributed by atoms with Crippen LogP contribution in [0.4, 0.5) is 11.4 Å². The van der Waals surface area contributed by atoms with Crippen molar-refractivity contribution < 1.29 is 17.9 Å². The number of carbonyl (C=O) groups is 1. The highest BCUT2D eigenvalue weighted by Crippen LogP contribution is 2.43. The van der Waals surface area contributed by atoms with Gasteiger partial charge in [0.05, 0.1) is 25.2 Å². The number of rotatable bonds is 6. The van der Waals surface area contributed by atoms with Crippen LogP contribution >= 0.6 is 0 Å². The molecular formula is C18H24N4O4S. The lowest BCUT2D eigenvalue weighted by atomic mass is 9.84. The Morgan fingerprint density at radius 2 is 2.11 bits per heavy atom. The summed E-state index contributed by atoms with van der Waals surface area (Å²) in [6, 6.07) is 3.38. The summed E-state index contributed by atoms with van der Waals surface area (Å²) in [7, 11) is -2.00. The minimum atomic E-state index is -3.48. The van der Waals surface area contributed by atoms with Crippen molar-refractivity contribution in [3.05, 3.63) is 35.2 Å². The molecule has 1 unspecified atom stereocenters. The normalized spacial score (nSPS) is 16.6. The van der Waals surface area contributed by atoms with Gasteiger partial charge in [-0.1, -0.05) is 6.92 Å². The Morgan fingerprint density at radius 3 is 2.74 bits per heavy atom. The number of sulfonamides is 1. The minimum absolute atomic E-state index is 0.120. The molecule has 2 heterocycles. The van der Waals surface area contributed by atoms with Gasteiger partial charge in [-0.15, -0.1) is 0 Å². The first-order valence-electron chi connectivity index (χ1n) is 8.75. The lowest BCUT2D eigenvalue weighted by Gasteiger charge is -2.27. The SMILES string of the molecule is CCCn1ncc(C2CC(=O)Nc3cc(NS(C)(=O)=O)c(OC)cc32)c1C. The van der Waals surface area contributed by atoms with Crippen LogP contribution in [-0.4, -0.2) is 37.5 Å². The van der Waals surface area contributed by atoms with E-state index in [9.17, 15) is 13.2 Å². The molecule has 1 atom stereocenters. The highest BCUT2D eigenvalue weighted by Gasteiger charge is 2.30. The maximum atomic E-state index is 12.3. The molecule has 0 radical (unpaired) electrons. The van der Waals surface area contributed by atoms with E-state index in [0.717, 1.165) is 36.0 Å². The van der Waals surface area contributed by atoms with Crippen LogP contribution in [0.1, 0.15) is 42.5 Å². The standard InChI is InChI=1S/C18H24N4O4S/c1-5-6-22-11(2)14(10-19-22)12-8-18(23)20-15-9-16(21-27(4,24)25)17(26-3)7-13(12)15/h7,9-10,12,21H,5-6,8H2,1-4H3,(H,20,23). The number of aryl methyl sites for hydroxylation is 1. The second kappa shape index (κ2) is 7.22. The summed E-state index contributed by atoms with van der Waals surface area (Å²) in [5.74, 6) is 0.116. The molecule has 2 N–H and O–H groups in total. The van der Waals surface area contributed by atoms with Crippen molar-refractivity contribution in [2.24, 2.45) is 0 Å². The van der Waals surface area contributed by atoms with Crippen molar-refractivity contribution in [1.82, 2.24) is 9.78 Å². The average molecular weight is 392 g/mol. The number of carbonyl (C=O) groups excluding carboxylic acids is 1. The Labute approximate surface area is 159 Å². The molecule has 1 aliphatic heterocycles. The fourth-order valence-electron chi connectivity index (χ4n) is 3.45. The van der Waals surface area contributed by atoms with Gasteiger partial charge in [-0.05, 0) is 31.0 Å². The van der Waals surface area contributed by atoms with E-state index in [4.69, 9.17) is 4.74 Å². The van der Waals surface area contributed by atoms with E-state index < -0.39 is 10.0 Å². The first-order chi connectivity index (χ1) is 12.7. The lowest BCUT2D eigenvalue weighted by Crippen LogP contribution is -2.24. The molecule has 146 valence electrons. The summed E-state index contributed by atoms with van der Waals surface area (Å²) in [5.41, 5.74) is 3.76. The Hall–Kier alpha value is -2.55. The monoisotopic (exact) mass is 392 g/mol. The van der Waals surface area contributed by atoms with Gasteiger partial charge in [-0.2, -0.15) is 5.10 Å². The molecule has 0 saturated heterocycles. The summed E-state index contributed by atoms with van der Waals surface area (Å²) in [4.78, 5) is 12.3. The molecule has 2 aromatic rings. The molecule has 0 spiro atoms. The van der Waals surface area contributed by atoms with Gasteiger partial charge in [-0.25, -0.2) is 8.42 Å². The zero-order valence-electron chi connectivity index (χ0n) is 15.9. The van der Waals surface area contributed by atoms with E-state index in [0.29, 0.717) is 17.9 Å². The third kappa shape index (κ3) is 3.92. The highest BCUT2D eigenvalue weighted by molar-refractivity contribution is 7.92. The van der Waals surface area contributed by atoms with Gasteiger partial charge >= 0.3 is 0 Å². The predicted octanol–water partition coefficient (Wildman–Crippen LogP) is 2.46. The van der Waals surface area contributed by atoms with E-state index in [-0.39, 0.29) is 17.5 Å². The number of amides is 1. The molecule has 1 aromatic heterocycles. The van der Waals surface area contributed by atoms with Crippen LogP contribution in [0.2, 0.25) is 0 Å². The van der Waals surface area contributed by atoms with Crippen molar-refractivity contribution >= 4 is 27.3 Å². The third-order valence-electron chi connectivity index (χ3n) is 4.66. The molecule has 0 saturated carbocycles. The van der Waals surface area contributed by atoms with Gasteiger partial charge in [0.1, 0.15) is 5.75 Å². The number of hydrogen-bond donors (Lipinski definition) is 2. The summed E-state index contributed by atoms with van der Waals surface area (Å²) in [6.45, 7) is 4.91. The summed E-state index contributed by atoms with van der Waals surface area (Å²) < 4.78 is 33.0. The topological polar surface area (TPSA) is 102 Å². The Kier molecular flexibility index (Phi) is 5.14. The van der Waals surface area contributed by atoms with Gasteiger partial charge in [0.25, 0.3) is 0 Å². The van der Waals surface area contributed by atoms with Crippen molar-refractivity contribution in [3.8, 4) is 5.75 Å². The number of methoxy groups -OCH3 is 1. The minimum Gasteiger partial charge on any atom is -0.495 e. The molecule has 8 nitrogen and oxygen atoms in total. The van der Waals surface area contributed by atoms with E-state index in [2.05, 4.69) is 22.1 Å². The average Bonchev–Trinajstić information content (AvgIpc) is 2.93. The molecule has 1 aromatic carbocycles. The molecule has 0 aliphatic carbocycles. The van der Waals surface area contributed by atoms with Crippen LogP contribution in [0.25, 0.3) is 0 Å². The molecule has 27 heavy (non-hydrogen) atoms. The lowest BCUT2D eigenvalue weighted by molar-refractivity contribution is -0.116. The molecule has 9 heteroatoms. The van der Waals surface area contributed by atoms with Crippen LogP contribution in [-0.2, 0) is 21.4 Å². The summed E-state index contributed by atoms with van der Waals surface area (Å²) >= 11 is 0. The molecule has 1 aliphatic rings. The zero-order valence-corrected chi connectivity index (χ0v) is 16.7. The maximum absolute atomic E-state index is 12.3. The second-order valence-electron chi connectivity index (χ2n) is 6.73. The number of hydrogen-bond acceptors (Lipinski definition) is 5. The van der Waals surface area contributed by atoms with Crippen LogP contribution < -0.4 is 14.8 Å². The Morgan fingerprint density at radius 1 is 1.37 bits per heavy atom. The van der Waals surface area contributed by atoms with Crippen LogP contribution in [0.5, 0.6) is 5.75 Å². The molecule has 0 fully saturated rings. The number of aromatic nitrogens is 2. The van der Waals surface area contributed by atoms with E-state index in [1.807, 2.05) is 17.8 Å². The smallest absolute Gasteiger partial charge is 0.229 e. The second-order valence-corrected chi connectivity index (χ2v) is 8.48. The molecule has 0 bridgehead atoms. The number of nitrogens with one attached hydrogen (secondary N) is 2. The van der Waals surface area contributed by atoms with Crippen molar-refractivity contribution in [2.75, 3.05) is 23.4 Å². The quantitative estimate of drug-likeness (QED) is 0.786. The summed E-state index contributed by atoms with van der Waals surface area (Å²) in [5, 5.41) is 7.28. The van der Waals surface area contributed by atoms with Gasteiger partial charge in [0.2, 0.25) is 15.9 Å². The van der Waals surface area contributed by atoms with E-state index in [1.54, 1.807) is 12.1 Å². The maximum Gasteiger partial charge on any atom is 0.229 e. The largest absolute Gasteiger partial charge is 0.495 e. The van der Waals surface area contributed by atoms with Crippen LogP contribution in [0.3, 0.4) is 0 Å². The molecular weight excluding hydrogens is 368 g/mol. The van der Waals surface area contributed by atoms with Crippen LogP contribution in [0.15, 0.2) is 18.3 Å². The Bertz CT molecular complexity index is 981. The zero-order chi connectivity index (χ0) is 19.8. The number of anilines is 2. The Balaban J connectivity index is 2.10. The van der Waals surface area contributed by atoms with Crippen molar-refractivity contribution in [2.45, 2.75) is 39.2 Å². The number of ether oxygens (including phenoxy) is 1. The van der Waals surface area contributed by atoms with Gasteiger partial charge in [0.15, 0.2) is 0 Å². The van der Waals surface area contributed by atoms with Gasteiger partial charge in [-0.3, -0.25) is 14.2 Å². The van der Waals surface area contributed by atoms with Gasteiger partial charge in [0, 0.05) is 35.8 Å². The third-order valence-corrected chi connectivity index (χ3v) is 5.25. The highest BCUT2D eigenvalue weighted by atomic mass is 32.2. The van der Waals surface area contributed by atoms with Crippen molar-refractivity contribution in [1.29, 1.82) is 0 Å². The predicted molar refractivity (Wildman–Crippen MR) is 104 cm³/mol. The van der Waals surface area contributed by atoms with Crippen LogP contribution in [0, 0.1) is 6.92 Å². The van der Waals surface area contributed by atoms with E-state index in [1.165, 1.54) is 7.11 Å². The number of benzene rings is 1. The fourth-order valence-corrected chi connectivity index (χ4v) is 4.01. The first-order valence-corrected chi connectivity index (χ1v) is 10.6.